The third-order valence-corrected chi connectivity index (χ3v) is 6.08. The van der Waals surface area contributed by atoms with E-state index in [-0.39, 0.29) is 22.2 Å². The molecule has 0 bridgehead atoms. The number of benzene rings is 2. The zero-order valence-corrected chi connectivity index (χ0v) is 15.5. The van der Waals surface area contributed by atoms with Crippen molar-refractivity contribution in [3.05, 3.63) is 70.0 Å². The Morgan fingerprint density at radius 3 is 2.44 bits per heavy atom. The Balaban J connectivity index is 1.60. The van der Waals surface area contributed by atoms with Crippen LogP contribution in [0.3, 0.4) is 0 Å². The first-order valence-electron chi connectivity index (χ1n) is 8.64. The lowest BCUT2D eigenvalue weighted by atomic mass is 10.1. The van der Waals surface area contributed by atoms with Gasteiger partial charge >= 0.3 is 0 Å². The van der Waals surface area contributed by atoms with Crippen molar-refractivity contribution >= 4 is 32.4 Å². The summed E-state index contributed by atoms with van der Waals surface area (Å²) in [6.07, 6.45) is 1.81. The van der Waals surface area contributed by atoms with E-state index in [1.807, 2.05) is 0 Å². The summed E-state index contributed by atoms with van der Waals surface area (Å²) < 4.78 is 27.7. The van der Waals surface area contributed by atoms with Crippen LogP contribution in [0.15, 0.2) is 58.2 Å². The van der Waals surface area contributed by atoms with Crippen molar-refractivity contribution in [3.63, 3.8) is 0 Å². The topological polar surface area (TPSA) is 96.1 Å². The lowest BCUT2D eigenvalue weighted by molar-refractivity contribution is 0.0967. The third-order valence-electron chi connectivity index (χ3n) is 4.68. The van der Waals surface area contributed by atoms with Crippen LogP contribution >= 0.6 is 0 Å². The van der Waals surface area contributed by atoms with Crippen LogP contribution in [0.5, 0.6) is 0 Å². The molecule has 138 valence electrons. The number of rotatable bonds is 5. The molecule has 2 aromatic carbocycles. The van der Waals surface area contributed by atoms with Gasteiger partial charge in [-0.05, 0) is 55.5 Å². The van der Waals surface area contributed by atoms with E-state index in [0.29, 0.717) is 22.3 Å². The van der Waals surface area contributed by atoms with Crippen molar-refractivity contribution in [1.29, 1.82) is 0 Å². The third kappa shape index (κ3) is 3.50. The monoisotopic (exact) mass is 382 g/mol. The Kier molecular flexibility index (Phi) is 4.11. The zero-order valence-electron chi connectivity index (χ0n) is 14.7. The molecule has 6 nitrogen and oxygen atoms in total. The molecule has 0 unspecified atom stereocenters. The molecule has 7 heteroatoms. The lowest BCUT2D eigenvalue weighted by Gasteiger charge is -2.10. The number of hydrogen-bond donors (Lipinski definition) is 2. The van der Waals surface area contributed by atoms with E-state index in [1.54, 1.807) is 43.3 Å². The molecule has 0 amide bonds. The highest BCUT2D eigenvalue weighted by Gasteiger charge is 2.30. The number of carbonyl (C=O) groups is 1. The number of ketones is 1. The fraction of sp³-hybridized carbons (Fsp3) is 0.200. The quantitative estimate of drug-likeness (QED) is 0.662. The summed E-state index contributed by atoms with van der Waals surface area (Å²) in [5.41, 5.74) is 1.82. The minimum Gasteiger partial charge on any atom is -0.322 e. The molecule has 1 aromatic heterocycles. The maximum atomic E-state index is 12.6. The van der Waals surface area contributed by atoms with Crippen LogP contribution in [0, 0.1) is 12.8 Å². The van der Waals surface area contributed by atoms with Gasteiger partial charge in [-0.3, -0.25) is 14.3 Å². The van der Waals surface area contributed by atoms with Crippen molar-refractivity contribution in [2.24, 2.45) is 5.92 Å². The Hall–Kier alpha value is -2.93. The average Bonchev–Trinajstić information content (AvgIpc) is 3.47. The highest BCUT2D eigenvalue weighted by Crippen LogP contribution is 2.32. The van der Waals surface area contributed by atoms with E-state index >= 15 is 0 Å². The SMILES string of the molecule is Cc1cc2ccc(NS(=O)(=O)c3ccc(C(=O)C4CC4)cc3)cc2[nH]c1=O. The molecule has 0 spiro atoms. The van der Waals surface area contributed by atoms with Crippen molar-refractivity contribution in [1.82, 2.24) is 4.98 Å². The summed E-state index contributed by atoms with van der Waals surface area (Å²) in [5.74, 6) is 0.162. The first kappa shape index (κ1) is 17.5. The van der Waals surface area contributed by atoms with Crippen molar-refractivity contribution in [2.75, 3.05) is 4.72 Å². The maximum absolute atomic E-state index is 12.6. The average molecular weight is 382 g/mol. The van der Waals surface area contributed by atoms with Gasteiger partial charge in [0.2, 0.25) is 0 Å². The predicted octanol–water partition coefficient (Wildman–Crippen LogP) is 3.23. The molecule has 0 saturated heterocycles. The van der Waals surface area contributed by atoms with Gasteiger partial charge in [-0.2, -0.15) is 0 Å². The molecule has 4 rings (SSSR count). The second-order valence-electron chi connectivity index (χ2n) is 6.85. The van der Waals surface area contributed by atoms with Gasteiger partial charge in [0.25, 0.3) is 15.6 Å². The normalized spacial score (nSPS) is 14.3. The van der Waals surface area contributed by atoms with E-state index in [0.717, 1.165) is 18.2 Å². The summed E-state index contributed by atoms with van der Waals surface area (Å²) in [7, 11) is -3.80. The summed E-state index contributed by atoms with van der Waals surface area (Å²) in [4.78, 5) is 26.6. The Bertz CT molecular complexity index is 1210. The van der Waals surface area contributed by atoms with Crippen LogP contribution in [0.2, 0.25) is 0 Å². The first-order valence-corrected chi connectivity index (χ1v) is 10.1. The number of aromatic amines is 1. The number of fused-ring (bicyclic) bond motifs is 1. The second-order valence-corrected chi connectivity index (χ2v) is 8.53. The molecule has 1 aliphatic rings. The van der Waals surface area contributed by atoms with E-state index in [4.69, 9.17) is 0 Å². The molecule has 3 aromatic rings. The number of aryl methyl sites for hydroxylation is 1. The largest absolute Gasteiger partial charge is 0.322 e. The van der Waals surface area contributed by atoms with E-state index in [2.05, 4.69) is 9.71 Å². The minimum absolute atomic E-state index is 0.0701. The van der Waals surface area contributed by atoms with E-state index < -0.39 is 10.0 Å². The van der Waals surface area contributed by atoms with E-state index in [9.17, 15) is 18.0 Å². The van der Waals surface area contributed by atoms with Crippen LogP contribution in [0.4, 0.5) is 5.69 Å². The van der Waals surface area contributed by atoms with Gasteiger partial charge in [-0.25, -0.2) is 8.42 Å². The van der Waals surface area contributed by atoms with E-state index in [1.165, 1.54) is 12.1 Å². The molecule has 1 fully saturated rings. The number of carbonyl (C=O) groups excluding carboxylic acids is 1. The molecule has 27 heavy (non-hydrogen) atoms. The van der Waals surface area contributed by atoms with Crippen LogP contribution in [-0.4, -0.2) is 19.2 Å². The van der Waals surface area contributed by atoms with Gasteiger partial charge in [0.1, 0.15) is 0 Å². The number of pyridine rings is 1. The predicted molar refractivity (Wildman–Crippen MR) is 104 cm³/mol. The fourth-order valence-electron chi connectivity index (χ4n) is 2.97. The van der Waals surface area contributed by atoms with Crippen LogP contribution in [0.1, 0.15) is 28.8 Å². The zero-order chi connectivity index (χ0) is 19.2. The van der Waals surface area contributed by atoms with Gasteiger partial charge < -0.3 is 4.98 Å². The van der Waals surface area contributed by atoms with Gasteiger partial charge in [-0.15, -0.1) is 0 Å². The first-order chi connectivity index (χ1) is 12.8. The molecule has 1 saturated carbocycles. The number of H-pyrrole nitrogens is 1. The number of nitrogens with one attached hydrogen (secondary N) is 2. The summed E-state index contributed by atoms with van der Waals surface area (Å²) in [5, 5.41) is 0.818. The number of anilines is 1. The maximum Gasteiger partial charge on any atom is 0.261 e. The van der Waals surface area contributed by atoms with Gasteiger partial charge in [0, 0.05) is 17.0 Å². The Labute approximate surface area is 156 Å². The second kappa shape index (κ2) is 6.35. The minimum atomic E-state index is -3.80. The van der Waals surface area contributed by atoms with Crippen LogP contribution in [-0.2, 0) is 10.0 Å². The summed E-state index contributed by atoms with van der Waals surface area (Å²) >= 11 is 0. The molecular formula is C20H18N2O4S. The highest BCUT2D eigenvalue weighted by atomic mass is 32.2. The molecule has 2 N–H and O–H groups in total. The Morgan fingerprint density at radius 1 is 1.07 bits per heavy atom. The number of hydrogen-bond acceptors (Lipinski definition) is 4. The molecule has 1 heterocycles. The molecule has 0 aliphatic heterocycles. The van der Waals surface area contributed by atoms with Crippen molar-refractivity contribution < 1.29 is 13.2 Å². The number of sulfonamides is 1. The fourth-order valence-corrected chi connectivity index (χ4v) is 4.02. The van der Waals surface area contributed by atoms with Gasteiger partial charge in [0.05, 0.1) is 16.1 Å². The standard InChI is InChI=1S/C20H18N2O4S/c1-12-10-15-4-7-16(11-18(15)21-20(12)24)22-27(25,26)17-8-5-14(6-9-17)19(23)13-2-3-13/h4-11,13,22H,2-3H2,1H3,(H,21,24). The molecule has 0 atom stereocenters. The number of Topliss-reactive ketones (excluding diaryl/α,β-unsaturated/α-hetero) is 1. The molecule has 1 aliphatic carbocycles. The highest BCUT2D eigenvalue weighted by molar-refractivity contribution is 7.92. The lowest BCUT2D eigenvalue weighted by Crippen LogP contribution is -2.14. The summed E-state index contributed by atoms with van der Waals surface area (Å²) in [6, 6.07) is 12.7. The number of aromatic nitrogens is 1. The van der Waals surface area contributed by atoms with Gasteiger partial charge in [0.15, 0.2) is 5.78 Å². The van der Waals surface area contributed by atoms with Gasteiger partial charge in [-0.1, -0.05) is 18.2 Å². The van der Waals surface area contributed by atoms with Crippen LogP contribution in [0.25, 0.3) is 10.9 Å². The Morgan fingerprint density at radius 2 is 1.78 bits per heavy atom. The molecular weight excluding hydrogens is 364 g/mol. The van der Waals surface area contributed by atoms with Crippen LogP contribution < -0.4 is 10.3 Å². The molecule has 0 radical (unpaired) electrons. The smallest absolute Gasteiger partial charge is 0.261 e. The summed E-state index contributed by atoms with van der Waals surface area (Å²) in [6.45, 7) is 1.71. The van der Waals surface area contributed by atoms with Crippen molar-refractivity contribution in [2.45, 2.75) is 24.7 Å². The van der Waals surface area contributed by atoms with Crippen molar-refractivity contribution in [3.8, 4) is 0 Å².